The second-order valence-electron chi connectivity index (χ2n) is 7.86. The van der Waals surface area contributed by atoms with Crippen LogP contribution in [0.2, 0.25) is 0 Å². The third kappa shape index (κ3) is 3.39. The van der Waals surface area contributed by atoms with Gasteiger partial charge in [-0.05, 0) is 54.9 Å². The van der Waals surface area contributed by atoms with E-state index in [4.69, 9.17) is 10.5 Å². The van der Waals surface area contributed by atoms with Crippen molar-refractivity contribution in [2.24, 2.45) is 11.7 Å². The van der Waals surface area contributed by atoms with Crippen LogP contribution in [-0.2, 0) is 6.42 Å². The molecule has 1 amide bonds. The summed E-state index contributed by atoms with van der Waals surface area (Å²) in [4.78, 5) is 26.9. The fraction of sp³-hybridized carbons (Fsp3) is 0.455. The average Bonchev–Trinajstić information content (AvgIpc) is 2.61. The topological polar surface area (TPSA) is 105 Å². The number of aromatic nitrogens is 1. The van der Waals surface area contributed by atoms with Crippen LogP contribution in [0.1, 0.15) is 66.6 Å². The van der Waals surface area contributed by atoms with Gasteiger partial charge in [0.15, 0.2) is 0 Å². The summed E-state index contributed by atoms with van der Waals surface area (Å²) in [5, 5.41) is 10.8. The summed E-state index contributed by atoms with van der Waals surface area (Å²) in [5.74, 6) is -0.237. The van der Waals surface area contributed by atoms with Crippen molar-refractivity contribution in [2.75, 3.05) is 6.61 Å². The molecule has 1 aliphatic rings. The first-order chi connectivity index (χ1) is 13.3. The van der Waals surface area contributed by atoms with Crippen molar-refractivity contribution in [1.29, 1.82) is 0 Å². The standard InChI is InChI=1S/C22H28N2O4/c1-5-6-7-28-16-10-13-9-14(11(2)3)17-19(15(13)8-12(16)4)24-22(27)18(20(17)25)21(23)26/h8,10-11,14H,5-7,9H2,1-4H3,(H2,23,26)(H2,24,25,27). The number of unbranched alkanes of at least 4 members (excludes halogenated alkanes) is 1. The Kier molecular flexibility index (Phi) is 5.49. The number of amides is 1. The molecule has 0 aliphatic heterocycles. The van der Waals surface area contributed by atoms with Gasteiger partial charge in [0, 0.05) is 11.1 Å². The highest BCUT2D eigenvalue weighted by Gasteiger charge is 2.34. The van der Waals surface area contributed by atoms with Crippen LogP contribution in [0, 0.1) is 12.8 Å². The molecular formula is C22H28N2O4. The highest BCUT2D eigenvalue weighted by molar-refractivity contribution is 5.96. The summed E-state index contributed by atoms with van der Waals surface area (Å²) in [6.07, 6.45) is 2.74. The zero-order chi connectivity index (χ0) is 20.6. The Hall–Kier alpha value is -2.76. The lowest BCUT2D eigenvalue weighted by atomic mass is 9.74. The average molecular weight is 384 g/mol. The van der Waals surface area contributed by atoms with Crippen LogP contribution in [-0.4, -0.2) is 22.6 Å². The molecule has 1 aromatic heterocycles. The molecule has 3 rings (SSSR count). The lowest BCUT2D eigenvalue weighted by molar-refractivity contribution is 0.0996. The van der Waals surface area contributed by atoms with Crippen LogP contribution in [0.4, 0.5) is 0 Å². The molecule has 4 N–H and O–H groups in total. The molecule has 28 heavy (non-hydrogen) atoms. The number of hydrogen-bond acceptors (Lipinski definition) is 4. The Morgan fingerprint density at radius 2 is 2.11 bits per heavy atom. The monoisotopic (exact) mass is 384 g/mol. The highest BCUT2D eigenvalue weighted by atomic mass is 16.5. The summed E-state index contributed by atoms with van der Waals surface area (Å²) >= 11 is 0. The normalized spacial score (nSPS) is 15.2. The number of hydrogen-bond donors (Lipinski definition) is 3. The molecule has 0 spiro atoms. The first-order valence-corrected chi connectivity index (χ1v) is 9.81. The van der Waals surface area contributed by atoms with Crippen LogP contribution in [0.3, 0.4) is 0 Å². The fourth-order valence-corrected chi connectivity index (χ4v) is 3.93. The van der Waals surface area contributed by atoms with Crippen LogP contribution in [0.25, 0.3) is 11.3 Å². The van der Waals surface area contributed by atoms with E-state index in [9.17, 15) is 14.7 Å². The Labute approximate surface area is 164 Å². The Morgan fingerprint density at radius 3 is 2.71 bits per heavy atom. The first kappa shape index (κ1) is 20.0. The molecule has 0 saturated heterocycles. The maximum atomic E-state index is 12.4. The van der Waals surface area contributed by atoms with Crippen molar-refractivity contribution < 1.29 is 14.6 Å². The van der Waals surface area contributed by atoms with Gasteiger partial charge >= 0.3 is 0 Å². The Bertz CT molecular complexity index is 975. The smallest absolute Gasteiger partial charge is 0.265 e. The maximum absolute atomic E-state index is 12.4. The molecule has 2 aromatic rings. The summed E-state index contributed by atoms with van der Waals surface area (Å²) in [7, 11) is 0. The predicted molar refractivity (Wildman–Crippen MR) is 109 cm³/mol. The van der Waals surface area contributed by atoms with Crippen molar-refractivity contribution in [2.45, 2.75) is 52.9 Å². The molecule has 1 unspecified atom stereocenters. The molecule has 6 nitrogen and oxygen atoms in total. The number of carbonyl (C=O) groups excluding carboxylic acids is 1. The second kappa shape index (κ2) is 7.70. The summed E-state index contributed by atoms with van der Waals surface area (Å²) in [6.45, 7) is 8.86. The molecule has 1 aromatic carbocycles. The minimum atomic E-state index is -0.925. The van der Waals surface area contributed by atoms with Crippen LogP contribution >= 0.6 is 0 Å². The third-order valence-electron chi connectivity index (χ3n) is 5.51. The maximum Gasteiger partial charge on any atom is 0.265 e. The van der Waals surface area contributed by atoms with E-state index in [-0.39, 0.29) is 23.1 Å². The number of fused-ring (bicyclic) bond motifs is 3. The molecule has 0 saturated carbocycles. The minimum Gasteiger partial charge on any atom is -0.507 e. The van der Waals surface area contributed by atoms with Gasteiger partial charge in [-0.2, -0.15) is 0 Å². The lowest BCUT2D eigenvalue weighted by Gasteiger charge is -2.31. The molecule has 1 atom stereocenters. The quantitative estimate of drug-likeness (QED) is 0.661. The van der Waals surface area contributed by atoms with Gasteiger partial charge in [0.1, 0.15) is 17.1 Å². The van der Waals surface area contributed by atoms with E-state index in [1.807, 2.05) is 19.1 Å². The molecule has 0 bridgehead atoms. The van der Waals surface area contributed by atoms with Crippen LogP contribution in [0.5, 0.6) is 11.5 Å². The molecule has 0 fully saturated rings. The Balaban J connectivity index is 2.21. The van der Waals surface area contributed by atoms with Crippen molar-refractivity contribution in [3.05, 3.63) is 44.7 Å². The fourth-order valence-electron chi connectivity index (χ4n) is 3.93. The van der Waals surface area contributed by atoms with Crippen LogP contribution in [0.15, 0.2) is 16.9 Å². The molecule has 1 aliphatic carbocycles. The zero-order valence-corrected chi connectivity index (χ0v) is 16.9. The molecule has 1 heterocycles. The number of aromatic hydroxyl groups is 1. The second-order valence-corrected chi connectivity index (χ2v) is 7.86. The molecular weight excluding hydrogens is 356 g/mol. The van der Waals surface area contributed by atoms with Gasteiger partial charge in [-0.15, -0.1) is 0 Å². The number of nitrogens with one attached hydrogen (secondary N) is 1. The number of H-pyrrole nitrogens is 1. The van der Waals surface area contributed by atoms with E-state index >= 15 is 0 Å². The summed E-state index contributed by atoms with van der Waals surface area (Å²) in [5.41, 5.74) is 8.33. The number of benzene rings is 1. The predicted octanol–water partition coefficient (Wildman–Crippen LogP) is 3.63. The molecule has 150 valence electrons. The van der Waals surface area contributed by atoms with Gasteiger partial charge < -0.3 is 20.6 Å². The van der Waals surface area contributed by atoms with E-state index in [0.29, 0.717) is 24.3 Å². The molecule has 6 heteroatoms. The largest absolute Gasteiger partial charge is 0.507 e. The third-order valence-corrected chi connectivity index (χ3v) is 5.51. The number of rotatable bonds is 6. The SMILES string of the molecule is CCCCOc1cc2c(cc1C)-c1[nH]c(=O)c(C(N)=O)c(O)c1C(C(C)C)C2. The van der Waals surface area contributed by atoms with Crippen molar-refractivity contribution >= 4 is 5.91 Å². The van der Waals surface area contributed by atoms with Crippen molar-refractivity contribution in [1.82, 2.24) is 4.98 Å². The van der Waals surface area contributed by atoms with E-state index < -0.39 is 11.5 Å². The molecule has 0 radical (unpaired) electrons. The summed E-state index contributed by atoms with van der Waals surface area (Å²) in [6, 6.07) is 4.02. The number of carbonyl (C=O) groups is 1. The summed E-state index contributed by atoms with van der Waals surface area (Å²) < 4.78 is 5.94. The lowest BCUT2D eigenvalue weighted by Crippen LogP contribution is -2.28. The number of aromatic amines is 1. The van der Waals surface area contributed by atoms with E-state index in [1.54, 1.807) is 0 Å². The van der Waals surface area contributed by atoms with Gasteiger partial charge in [0.25, 0.3) is 11.5 Å². The first-order valence-electron chi connectivity index (χ1n) is 9.81. The number of ether oxygens (including phenoxy) is 1. The number of primary amides is 1. The van der Waals surface area contributed by atoms with Gasteiger partial charge in [-0.25, -0.2) is 0 Å². The Morgan fingerprint density at radius 1 is 1.39 bits per heavy atom. The zero-order valence-electron chi connectivity index (χ0n) is 16.9. The van der Waals surface area contributed by atoms with Gasteiger partial charge in [0.05, 0.1) is 12.3 Å². The van der Waals surface area contributed by atoms with Crippen molar-refractivity contribution in [3.8, 4) is 22.8 Å². The number of nitrogens with two attached hydrogens (primary N) is 1. The van der Waals surface area contributed by atoms with Gasteiger partial charge in [-0.1, -0.05) is 27.2 Å². The van der Waals surface area contributed by atoms with Crippen LogP contribution < -0.4 is 16.0 Å². The van der Waals surface area contributed by atoms with E-state index in [2.05, 4.69) is 25.8 Å². The number of pyridine rings is 1. The highest BCUT2D eigenvalue weighted by Crippen LogP contribution is 2.47. The van der Waals surface area contributed by atoms with Gasteiger partial charge in [-0.3, -0.25) is 9.59 Å². The van der Waals surface area contributed by atoms with E-state index in [1.165, 1.54) is 0 Å². The van der Waals surface area contributed by atoms with E-state index in [0.717, 1.165) is 35.3 Å². The van der Waals surface area contributed by atoms with Gasteiger partial charge in [0.2, 0.25) is 0 Å². The minimum absolute atomic E-state index is 0.0522. The number of aryl methyl sites for hydroxylation is 1. The van der Waals surface area contributed by atoms with Crippen molar-refractivity contribution in [3.63, 3.8) is 0 Å².